The summed E-state index contributed by atoms with van der Waals surface area (Å²) in [6, 6.07) is 3.30. The third-order valence-electron chi connectivity index (χ3n) is 2.95. The number of hydrogen-bond acceptors (Lipinski definition) is 4. The van der Waals surface area contributed by atoms with Gasteiger partial charge < -0.3 is 10.8 Å². The maximum absolute atomic E-state index is 11.0. The SMILES string of the molecule is NC1Cc2ncccc2-c2n[nH]c(C(=O)O)c21. The van der Waals surface area contributed by atoms with Gasteiger partial charge >= 0.3 is 5.97 Å². The molecule has 0 spiro atoms. The van der Waals surface area contributed by atoms with Crippen molar-refractivity contribution in [2.24, 2.45) is 5.73 Å². The van der Waals surface area contributed by atoms with Crippen molar-refractivity contribution in [2.75, 3.05) is 0 Å². The van der Waals surface area contributed by atoms with Crippen molar-refractivity contribution in [3.8, 4) is 11.3 Å². The van der Waals surface area contributed by atoms with Crippen LogP contribution in [0.1, 0.15) is 27.8 Å². The molecule has 0 bridgehead atoms. The van der Waals surface area contributed by atoms with Crippen LogP contribution in [0, 0.1) is 0 Å². The van der Waals surface area contributed by atoms with Gasteiger partial charge in [0.2, 0.25) is 0 Å². The second-order valence-corrected chi connectivity index (χ2v) is 3.97. The molecule has 4 N–H and O–H groups in total. The molecule has 0 fully saturated rings. The van der Waals surface area contributed by atoms with Crippen LogP contribution in [0.15, 0.2) is 18.3 Å². The second-order valence-electron chi connectivity index (χ2n) is 3.97. The number of carboxylic acid groups (broad SMARTS) is 1. The van der Waals surface area contributed by atoms with Crippen LogP contribution in [-0.4, -0.2) is 26.3 Å². The molecule has 1 atom stereocenters. The molecule has 0 radical (unpaired) electrons. The summed E-state index contributed by atoms with van der Waals surface area (Å²) in [4.78, 5) is 15.3. The van der Waals surface area contributed by atoms with E-state index in [1.807, 2.05) is 6.07 Å². The van der Waals surface area contributed by atoms with Gasteiger partial charge in [0, 0.05) is 29.8 Å². The fourth-order valence-electron chi connectivity index (χ4n) is 2.21. The first-order valence-electron chi connectivity index (χ1n) is 5.20. The van der Waals surface area contributed by atoms with E-state index in [1.54, 1.807) is 12.3 Å². The van der Waals surface area contributed by atoms with Gasteiger partial charge in [0.15, 0.2) is 0 Å². The zero-order valence-corrected chi connectivity index (χ0v) is 8.84. The van der Waals surface area contributed by atoms with Gasteiger partial charge in [0.1, 0.15) is 5.69 Å². The van der Waals surface area contributed by atoms with Crippen LogP contribution in [0.3, 0.4) is 0 Å². The molecule has 2 aromatic rings. The van der Waals surface area contributed by atoms with E-state index < -0.39 is 5.97 Å². The Labute approximate surface area is 96.5 Å². The number of hydrogen-bond donors (Lipinski definition) is 3. The third kappa shape index (κ3) is 1.34. The molecule has 0 amide bonds. The van der Waals surface area contributed by atoms with Crippen molar-refractivity contribution >= 4 is 5.97 Å². The highest BCUT2D eigenvalue weighted by Crippen LogP contribution is 2.36. The molecular formula is C11H10N4O2. The summed E-state index contributed by atoms with van der Waals surface area (Å²) in [5, 5.41) is 15.6. The summed E-state index contributed by atoms with van der Waals surface area (Å²) in [7, 11) is 0. The molecule has 0 aromatic carbocycles. The number of pyridine rings is 1. The summed E-state index contributed by atoms with van der Waals surface area (Å²) in [5.74, 6) is -1.04. The first-order valence-corrected chi connectivity index (χ1v) is 5.20. The molecule has 1 unspecified atom stereocenters. The number of rotatable bonds is 1. The van der Waals surface area contributed by atoms with Gasteiger partial charge in [-0.2, -0.15) is 5.10 Å². The normalized spacial score (nSPS) is 17.4. The number of aromatic nitrogens is 3. The number of H-pyrrole nitrogens is 1. The molecule has 1 aliphatic rings. The molecule has 2 heterocycles. The average Bonchev–Trinajstić information content (AvgIpc) is 2.74. The fraction of sp³-hybridized carbons (Fsp3) is 0.182. The minimum absolute atomic E-state index is 0.0713. The van der Waals surface area contributed by atoms with Gasteiger partial charge in [0.05, 0.1) is 11.4 Å². The average molecular weight is 230 g/mol. The quantitative estimate of drug-likeness (QED) is 0.669. The maximum Gasteiger partial charge on any atom is 0.354 e. The van der Waals surface area contributed by atoms with Crippen molar-refractivity contribution < 1.29 is 9.90 Å². The van der Waals surface area contributed by atoms with E-state index in [2.05, 4.69) is 15.2 Å². The van der Waals surface area contributed by atoms with Crippen LogP contribution < -0.4 is 5.73 Å². The molecule has 0 aliphatic heterocycles. The zero-order chi connectivity index (χ0) is 12.0. The van der Waals surface area contributed by atoms with Crippen molar-refractivity contribution in [3.05, 3.63) is 35.3 Å². The van der Waals surface area contributed by atoms with E-state index in [0.717, 1.165) is 11.3 Å². The van der Waals surface area contributed by atoms with E-state index >= 15 is 0 Å². The Morgan fingerprint density at radius 1 is 1.59 bits per heavy atom. The zero-order valence-electron chi connectivity index (χ0n) is 8.84. The van der Waals surface area contributed by atoms with Crippen molar-refractivity contribution in [1.82, 2.24) is 15.2 Å². The Hall–Kier alpha value is -2.21. The van der Waals surface area contributed by atoms with E-state index in [4.69, 9.17) is 10.8 Å². The molecular weight excluding hydrogens is 220 g/mol. The number of aromatic carboxylic acids is 1. The molecule has 6 heteroatoms. The molecule has 6 nitrogen and oxygen atoms in total. The van der Waals surface area contributed by atoms with Crippen molar-refractivity contribution in [1.29, 1.82) is 0 Å². The van der Waals surface area contributed by atoms with E-state index in [0.29, 0.717) is 17.7 Å². The summed E-state index contributed by atoms with van der Waals surface area (Å²) in [5.41, 5.74) is 8.93. The Kier molecular flexibility index (Phi) is 1.99. The minimum Gasteiger partial charge on any atom is -0.477 e. The smallest absolute Gasteiger partial charge is 0.354 e. The highest BCUT2D eigenvalue weighted by atomic mass is 16.4. The van der Waals surface area contributed by atoms with Crippen LogP contribution in [0.2, 0.25) is 0 Å². The lowest BCUT2D eigenvalue weighted by atomic mass is 9.89. The Bertz CT molecular complexity index is 605. The lowest BCUT2D eigenvalue weighted by Crippen LogP contribution is -2.21. The Morgan fingerprint density at radius 2 is 2.41 bits per heavy atom. The number of aromatic amines is 1. The summed E-state index contributed by atoms with van der Waals surface area (Å²) >= 11 is 0. The molecule has 2 aromatic heterocycles. The summed E-state index contributed by atoms with van der Waals surface area (Å²) in [6.45, 7) is 0. The van der Waals surface area contributed by atoms with Crippen molar-refractivity contribution in [3.63, 3.8) is 0 Å². The first-order chi connectivity index (χ1) is 8.18. The standard InChI is InChI=1S/C11H10N4O2/c12-6-4-7-5(2-1-3-13-7)9-8(6)10(11(16)17)15-14-9/h1-3,6H,4,12H2,(H,14,15)(H,16,17). The molecule has 17 heavy (non-hydrogen) atoms. The van der Waals surface area contributed by atoms with Gasteiger partial charge in [-0.1, -0.05) is 0 Å². The number of fused-ring (bicyclic) bond motifs is 3. The molecule has 0 saturated heterocycles. The second kappa shape index (κ2) is 3.39. The topological polar surface area (TPSA) is 105 Å². The minimum atomic E-state index is -1.04. The number of nitrogens with one attached hydrogen (secondary N) is 1. The highest BCUT2D eigenvalue weighted by Gasteiger charge is 2.30. The lowest BCUT2D eigenvalue weighted by Gasteiger charge is -2.20. The monoisotopic (exact) mass is 230 g/mol. The van der Waals surface area contributed by atoms with Crippen LogP contribution in [0.4, 0.5) is 0 Å². The van der Waals surface area contributed by atoms with Crippen molar-refractivity contribution in [2.45, 2.75) is 12.5 Å². The predicted octanol–water partition coefficient (Wildman–Crippen LogP) is 0.726. The largest absolute Gasteiger partial charge is 0.477 e. The Balaban J connectivity index is 2.27. The van der Waals surface area contributed by atoms with Gasteiger partial charge in [-0.05, 0) is 12.1 Å². The van der Waals surface area contributed by atoms with Gasteiger partial charge in [-0.15, -0.1) is 0 Å². The lowest BCUT2D eigenvalue weighted by molar-refractivity contribution is 0.0688. The third-order valence-corrected chi connectivity index (χ3v) is 2.95. The van der Waals surface area contributed by atoms with Crippen LogP contribution in [0.5, 0.6) is 0 Å². The van der Waals surface area contributed by atoms with Gasteiger partial charge in [-0.25, -0.2) is 4.79 Å². The summed E-state index contributed by atoms with van der Waals surface area (Å²) < 4.78 is 0. The molecule has 1 aliphatic carbocycles. The maximum atomic E-state index is 11.0. The van der Waals surface area contributed by atoms with Gasteiger partial charge in [0.25, 0.3) is 0 Å². The van der Waals surface area contributed by atoms with E-state index in [1.165, 1.54) is 0 Å². The molecule has 3 rings (SSSR count). The highest BCUT2D eigenvalue weighted by molar-refractivity contribution is 5.90. The van der Waals surface area contributed by atoms with E-state index in [-0.39, 0.29) is 11.7 Å². The fourth-order valence-corrected chi connectivity index (χ4v) is 2.21. The number of nitrogens with two attached hydrogens (primary N) is 1. The van der Waals surface area contributed by atoms with E-state index in [9.17, 15) is 4.79 Å². The number of nitrogens with zero attached hydrogens (tertiary/aromatic N) is 2. The molecule has 0 saturated carbocycles. The molecule has 86 valence electrons. The Morgan fingerprint density at radius 3 is 3.18 bits per heavy atom. The summed E-state index contributed by atoms with van der Waals surface area (Å²) in [6.07, 6.45) is 2.23. The van der Waals surface area contributed by atoms with Crippen LogP contribution >= 0.6 is 0 Å². The van der Waals surface area contributed by atoms with Crippen LogP contribution in [0.25, 0.3) is 11.3 Å². The predicted molar refractivity (Wildman–Crippen MR) is 59.4 cm³/mol. The van der Waals surface area contributed by atoms with Gasteiger partial charge in [-0.3, -0.25) is 10.1 Å². The number of carboxylic acids is 1. The first kappa shape index (κ1) is 9.98. The number of carbonyl (C=O) groups is 1. The van der Waals surface area contributed by atoms with Crippen LogP contribution in [-0.2, 0) is 6.42 Å².